The number of pyridine rings is 1. The van der Waals surface area contributed by atoms with E-state index in [0.717, 1.165) is 49.9 Å². The third-order valence-electron chi connectivity index (χ3n) is 6.06. The van der Waals surface area contributed by atoms with E-state index in [1.165, 1.54) is 11.1 Å². The Bertz CT molecular complexity index is 1000. The van der Waals surface area contributed by atoms with E-state index in [1.807, 2.05) is 47.5 Å². The lowest BCUT2D eigenvalue weighted by Crippen LogP contribution is -2.38. The second kappa shape index (κ2) is 10.3. The molecule has 2 aromatic carbocycles. The van der Waals surface area contributed by atoms with Gasteiger partial charge in [-0.05, 0) is 59.9 Å². The smallest absolute Gasteiger partial charge is 0.255 e. The average molecular weight is 418 g/mol. The van der Waals surface area contributed by atoms with Crippen molar-refractivity contribution in [3.8, 4) is 0 Å². The van der Waals surface area contributed by atoms with E-state index >= 15 is 0 Å². The van der Waals surface area contributed by atoms with Gasteiger partial charge in [0.2, 0.25) is 0 Å². The first-order valence-corrected chi connectivity index (χ1v) is 10.9. The average Bonchev–Trinajstić information content (AvgIpc) is 2.84. The van der Waals surface area contributed by atoms with Crippen molar-refractivity contribution in [1.29, 1.82) is 0 Å². The highest BCUT2D eigenvalue weighted by molar-refractivity contribution is 5.94. The van der Waals surface area contributed by atoms with Gasteiger partial charge in [0.05, 0.1) is 12.1 Å². The van der Waals surface area contributed by atoms with E-state index in [9.17, 15) is 9.28 Å². The van der Waals surface area contributed by atoms with Crippen molar-refractivity contribution < 1.29 is 9.28 Å². The van der Waals surface area contributed by atoms with Crippen LogP contribution in [0.2, 0.25) is 0 Å². The van der Waals surface area contributed by atoms with E-state index in [-0.39, 0.29) is 12.5 Å². The summed E-state index contributed by atoms with van der Waals surface area (Å²) >= 11 is 0. The third kappa shape index (κ3) is 5.56. The molecule has 4 nitrogen and oxygen atoms in total. The normalized spacial score (nSPS) is 14.5. The monoisotopic (exact) mass is 417 g/mol. The maximum atomic E-state index is 13.0. The number of likely N-dealkylation sites (tertiary alicyclic amines) is 1. The first kappa shape index (κ1) is 21.2. The lowest BCUT2D eigenvalue weighted by molar-refractivity contribution is 0.0712. The van der Waals surface area contributed by atoms with Crippen molar-refractivity contribution in [3.05, 3.63) is 101 Å². The fourth-order valence-corrected chi connectivity index (χ4v) is 4.31. The summed E-state index contributed by atoms with van der Waals surface area (Å²) in [5.41, 5.74) is 6.92. The highest BCUT2D eigenvalue weighted by Crippen LogP contribution is 2.29. The topological polar surface area (TPSA) is 45.2 Å². The number of nitrogens with zero attached hydrogens (tertiary/aromatic N) is 2. The fourth-order valence-electron chi connectivity index (χ4n) is 4.31. The summed E-state index contributed by atoms with van der Waals surface area (Å²) in [5.74, 6) is 0.460. The van der Waals surface area contributed by atoms with Gasteiger partial charge in [0.15, 0.2) is 0 Å². The van der Waals surface area contributed by atoms with Crippen LogP contribution < -0.4 is 5.54 Å². The number of aromatic nitrogens is 1. The molecule has 0 unspecified atom stereocenters. The van der Waals surface area contributed by atoms with Crippen LogP contribution >= 0.6 is 0 Å². The third-order valence-corrected chi connectivity index (χ3v) is 6.06. The van der Waals surface area contributed by atoms with Gasteiger partial charge in [0.1, 0.15) is 0 Å². The molecule has 0 atom stereocenters. The van der Waals surface area contributed by atoms with E-state index in [0.29, 0.717) is 11.5 Å². The molecule has 0 aliphatic carbocycles. The maximum absolute atomic E-state index is 13.0. The molecular weight excluding hydrogens is 389 g/mol. The SMILES string of the molecule is O=C(c1cncc(CCc2ccccc2)c1)N1CCC(c2cccc(CNF)c2)CC1. The Morgan fingerprint density at radius 2 is 1.68 bits per heavy atom. The Labute approximate surface area is 183 Å². The molecule has 0 bridgehead atoms. The number of benzene rings is 2. The van der Waals surface area contributed by atoms with Crippen molar-refractivity contribution in [2.24, 2.45) is 0 Å². The minimum Gasteiger partial charge on any atom is -0.339 e. The first-order valence-electron chi connectivity index (χ1n) is 10.9. The zero-order valence-corrected chi connectivity index (χ0v) is 17.6. The first-order chi connectivity index (χ1) is 15.2. The molecule has 160 valence electrons. The van der Waals surface area contributed by atoms with Gasteiger partial charge < -0.3 is 4.90 Å². The van der Waals surface area contributed by atoms with Crippen LogP contribution in [0.5, 0.6) is 0 Å². The molecule has 1 aliphatic rings. The zero-order valence-electron chi connectivity index (χ0n) is 17.6. The largest absolute Gasteiger partial charge is 0.339 e. The lowest BCUT2D eigenvalue weighted by atomic mass is 9.88. The van der Waals surface area contributed by atoms with E-state index in [4.69, 9.17) is 0 Å². The second-order valence-electron chi connectivity index (χ2n) is 8.19. The highest BCUT2D eigenvalue weighted by Gasteiger charge is 2.25. The molecule has 1 fully saturated rings. The van der Waals surface area contributed by atoms with Crippen LogP contribution in [0, 0.1) is 0 Å². The number of halogens is 1. The molecular formula is C26H28FN3O. The van der Waals surface area contributed by atoms with Gasteiger partial charge in [0, 0.05) is 25.5 Å². The van der Waals surface area contributed by atoms with Crippen LogP contribution in [0.1, 0.15) is 51.4 Å². The van der Waals surface area contributed by atoms with Gasteiger partial charge in [-0.25, -0.2) is 0 Å². The molecule has 1 aromatic heterocycles. The molecule has 0 spiro atoms. The van der Waals surface area contributed by atoms with E-state index in [1.54, 1.807) is 11.7 Å². The van der Waals surface area contributed by atoms with Gasteiger partial charge in [-0.3, -0.25) is 9.78 Å². The van der Waals surface area contributed by atoms with E-state index in [2.05, 4.69) is 29.2 Å². The van der Waals surface area contributed by atoms with Crippen molar-refractivity contribution >= 4 is 5.91 Å². The number of nitrogens with one attached hydrogen (secondary N) is 1. The molecule has 0 saturated carbocycles. The molecule has 5 heteroatoms. The van der Waals surface area contributed by atoms with Gasteiger partial charge in [-0.2, -0.15) is 5.54 Å². The maximum Gasteiger partial charge on any atom is 0.255 e. The number of amides is 1. The van der Waals surface area contributed by atoms with Gasteiger partial charge >= 0.3 is 0 Å². The molecule has 1 N–H and O–H groups in total. The van der Waals surface area contributed by atoms with Crippen LogP contribution in [-0.2, 0) is 19.4 Å². The molecule has 0 radical (unpaired) electrons. The summed E-state index contributed by atoms with van der Waals surface area (Å²) in [6.07, 6.45) is 7.16. The highest BCUT2D eigenvalue weighted by atomic mass is 19.2. The minimum absolute atomic E-state index is 0.0582. The van der Waals surface area contributed by atoms with Crippen LogP contribution in [-0.4, -0.2) is 28.9 Å². The Morgan fingerprint density at radius 1 is 0.935 bits per heavy atom. The quantitative estimate of drug-likeness (QED) is 0.559. The number of hydrogen-bond donors (Lipinski definition) is 1. The van der Waals surface area contributed by atoms with E-state index < -0.39 is 0 Å². The number of piperidine rings is 1. The predicted molar refractivity (Wildman–Crippen MR) is 120 cm³/mol. The molecule has 3 aromatic rings. The number of aryl methyl sites for hydroxylation is 2. The lowest BCUT2D eigenvalue weighted by Gasteiger charge is -2.32. The van der Waals surface area contributed by atoms with Gasteiger partial charge in [-0.1, -0.05) is 54.6 Å². The molecule has 1 aliphatic heterocycles. The number of hydrogen-bond acceptors (Lipinski definition) is 3. The van der Waals surface area contributed by atoms with Gasteiger partial charge in [0.25, 0.3) is 5.91 Å². The van der Waals surface area contributed by atoms with Crippen LogP contribution in [0.4, 0.5) is 4.48 Å². The molecule has 1 amide bonds. The summed E-state index contributed by atoms with van der Waals surface area (Å²) in [6, 6.07) is 20.4. The molecule has 31 heavy (non-hydrogen) atoms. The standard InChI is InChI=1S/C26H28FN3O/c27-29-18-21-7-4-8-24(15-21)23-11-13-30(14-12-23)26(31)25-16-22(17-28-19-25)10-9-20-5-2-1-3-6-20/h1-8,15-17,19,23,29H,9-14,18H2. The predicted octanol–water partition coefficient (Wildman–Crippen LogP) is 4.86. The number of rotatable bonds is 7. The summed E-state index contributed by atoms with van der Waals surface area (Å²) in [5, 5.41) is 0. The molecule has 2 heterocycles. The summed E-state index contributed by atoms with van der Waals surface area (Å²) < 4.78 is 12.4. The van der Waals surface area contributed by atoms with Crippen molar-refractivity contribution in [2.45, 2.75) is 38.1 Å². The van der Waals surface area contributed by atoms with Crippen molar-refractivity contribution in [2.75, 3.05) is 13.1 Å². The van der Waals surface area contributed by atoms with Crippen LogP contribution in [0.15, 0.2) is 73.1 Å². The second-order valence-corrected chi connectivity index (χ2v) is 8.19. The fraction of sp³-hybridized carbons (Fsp3) is 0.308. The minimum atomic E-state index is 0.0582. The van der Waals surface area contributed by atoms with Crippen molar-refractivity contribution in [1.82, 2.24) is 15.4 Å². The number of carbonyl (C=O) groups excluding carboxylic acids is 1. The zero-order chi connectivity index (χ0) is 21.5. The van der Waals surface area contributed by atoms with Crippen LogP contribution in [0.3, 0.4) is 0 Å². The summed E-state index contributed by atoms with van der Waals surface area (Å²) in [7, 11) is 0. The Kier molecular flexibility index (Phi) is 7.05. The Morgan fingerprint density at radius 3 is 2.45 bits per heavy atom. The van der Waals surface area contributed by atoms with Crippen LogP contribution in [0.25, 0.3) is 0 Å². The molecule has 4 rings (SSSR count). The Hall–Kier alpha value is -3.05. The van der Waals surface area contributed by atoms with Crippen molar-refractivity contribution in [3.63, 3.8) is 0 Å². The molecule has 1 saturated heterocycles. The Balaban J connectivity index is 1.35. The summed E-state index contributed by atoms with van der Waals surface area (Å²) in [4.78, 5) is 19.3. The number of carbonyl (C=O) groups is 1. The van der Waals surface area contributed by atoms with Gasteiger partial charge in [-0.15, -0.1) is 4.48 Å². The summed E-state index contributed by atoms with van der Waals surface area (Å²) in [6.45, 7) is 1.67.